The summed E-state index contributed by atoms with van der Waals surface area (Å²) in [5, 5.41) is 10.2. The third-order valence-electron chi connectivity index (χ3n) is 12.5. The maximum atomic E-state index is 15.6. The third-order valence-corrected chi connectivity index (χ3v) is 13.5. The lowest BCUT2D eigenvalue weighted by atomic mass is 9.55. The van der Waals surface area contributed by atoms with Crippen molar-refractivity contribution in [1.82, 2.24) is 5.32 Å². The van der Waals surface area contributed by atoms with E-state index < -0.39 is 40.5 Å². The van der Waals surface area contributed by atoms with Crippen molar-refractivity contribution in [3.05, 3.63) is 127 Å². The second kappa shape index (κ2) is 22.9. The van der Waals surface area contributed by atoms with Gasteiger partial charge in [-0.3, -0.25) is 29.3 Å². The number of carbonyl (C=O) groups excluding carboxylic acids is 5. The molecule has 0 unspecified atom stereocenters. The van der Waals surface area contributed by atoms with Crippen molar-refractivity contribution in [3.63, 3.8) is 0 Å². The number of rotatable bonds is 6. The van der Waals surface area contributed by atoms with Crippen molar-refractivity contribution in [2.24, 2.45) is 5.73 Å². The van der Waals surface area contributed by atoms with Gasteiger partial charge in [-0.05, 0) is 93.1 Å². The molecule has 17 heteroatoms. The number of hydrogen-bond acceptors (Lipinski definition) is 9. The van der Waals surface area contributed by atoms with E-state index in [1.807, 2.05) is 6.07 Å². The number of Topliss-reactive ketones (excluding diaryl/α,β-unsaturated/α-hetero) is 1. The van der Waals surface area contributed by atoms with Gasteiger partial charge in [-0.15, -0.1) is 0 Å². The molecule has 2 spiro atoms. The number of ether oxygens (including phenoxy) is 2. The van der Waals surface area contributed by atoms with E-state index in [-0.39, 0.29) is 52.1 Å². The van der Waals surface area contributed by atoms with Gasteiger partial charge < -0.3 is 25.8 Å². The van der Waals surface area contributed by atoms with Gasteiger partial charge >= 0.3 is 11.9 Å². The highest BCUT2D eigenvalue weighted by Crippen LogP contribution is 2.63. The minimum Gasteiger partial charge on any atom is -0.465 e. The van der Waals surface area contributed by atoms with Gasteiger partial charge in [-0.1, -0.05) is 108 Å². The Kier molecular flexibility index (Phi) is 17.6. The first-order chi connectivity index (χ1) is 32.1. The number of fused-ring (bicyclic) bond motifs is 4. The minimum atomic E-state index is -1.23. The summed E-state index contributed by atoms with van der Waals surface area (Å²) in [6, 6.07) is 18.8. The Labute approximate surface area is 408 Å². The van der Waals surface area contributed by atoms with Crippen LogP contribution in [-0.4, -0.2) is 60.9 Å². The first-order valence-electron chi connectivity index (χ1n) is 22.3. The fraction of sp³-hybridized carbons (Fsp3) is 0.380. The molecule has 11 nitrogen and oxygen atoms in total. The van der Waals surface area contributed by atoms with E-state index in [1.54, 1.807) is 68.4 Å². The number of esters is 2. The zero-order valence-corrected chi connectivity index (χ0v) is 40.1. The van der Waals surface area contributed by atoms with E-state index >= 15 is 4.39 Å². The van der Waals surface area contributed by atoms with Crippen LogP contribution in [0.15, 0.2) is 72.8 Å². The van der Waals surface area contributed by atoms with Gasteiger partial charge in [0.25, 0.3) is 5.91 Å². The van der Waals surface area contributed by atoms with Gasteiger partial charge in [0.2, 0.25) is 5.91 Å². The Morgan fingerprint density at radius 2 is 1.37 bits per heavy atom. The number of hydrogen-bond donors (Lipinski definition) is 4. The van der Waals surface area contributed by atoms with E-state index in [1.165, 1.54) is 24.6 Å². The molecule has 0 radical (unpaired) electrons. The summed E-state index contributed by atoms with van der Waals surface area (Å²) >= 11 is 24.0. The van der Waals surface area contributed by atoms with Gasteiger partial charge in [0.15, 0.2) is 0 Å². The molecule has 1 saturated heterocycles. The lowest BCUT2D eigenvalue weighted by Gasteiger charge is -2.47. The first-order valence-corrected chi connectivity index (χ1v) is 23.8. The highest BCUT2D eigenvalue weighted by molar-refractivity contribution is 6.37. The molecule has 3 aliphatic heterocycles. The summed E-state index contributed by atoms with van der Waals surface area (Å²) in [4.78, 5) is 59.8. The molecule has 5 aliphatic rings. The monoisotopic (exact) mass is 998 g/mol. The van der Waals surface area contributed by atoms with Crippen LogP contribution in [0.1, 0.15) is 106 Å². The van der Waals surface area contributed by atoms with Crippen LogP contribution in [-0.2, 0) is 38.9 Å². The third kappa shape index (κ3) is 11.0. The average Bonchev–Trinajstić information content (AvgIpc) is 3.89. The lowest BCUT2D eigenvalue weighted by molar-refractivity contribution is -0.146. The van der Waals surface area contributed by atoms with Gasteiger partial charge in [-0.25, -0.2) is 8.78 Å². The van der Waals surface area contributed by atoms with Gasteiger partial charge in [0.05, 0.1) is 35.5 Å². The van der Waals surface area contributed by atoms with Crippen LogP contribution < -0.4 is 21.7 Å². The number of anilines is 2. The number of benzene rings is 4. The molecule has 3 fully saturated rings. The summed E-state index contributed by atoms with van der Waals surface area (Å²) in [6.07, 6.45) is 10.9. The number of halogens is 6. The largest absolute Gasteiger partial charge is 0.465 e. The summed E-state index contributed by atoms with van der Waals surface area (Å²) in [7, 11) is 0. The summed E-state index contributed by atoms with van der Waals surface area (Å²) in [6.45, 7) is 4.05. The molecule has 5 N–H and O–H groups in total. The van der Waals surface area contributed by atoms with Gasteiger partial charge in [-0.2, -0.15) is 0 Å². The molecule has 4 aromatic carbocycles. The van der Waals surface area contributed by atoms with E-state index in [0.717, 1.165) is 50.5 Å². The maximum Gasteiger partial charge on any atom is 0.323 e. The molecule has 0 aromatic heterocycles. The van der Waals surface area contributed by atoms with Crippen LogP contribution in [0.2, 0.25) is 20.1 Å². The molecule has 4 aromatic rings. The Morgan fingerprint density at radius 3 is 1.99 bits per heavy atom. The van der Waals surface area contributed by atoms with Crippen molar-refractivity contribution in [1.29, 1.82) is 0 Å². The van der Waals surface area contributed by atoms with E-state index in [9.17, 15) is 28.4 Å². The Balaban J connectivity index is 0.000000182. The molecule has 0 bridgehead atoms. The number of nitrogens with one attached hydrogen (secondary N) is 3. The number of nitrogens with two attached hydrogens (primary N) is 1. The predicted molar refractivity (Wildman–Crippen MR) is 258 cm³/mol. The smallest absolute Gasteiger partial charge is 0.323 e. The predicted octanol–water partition coefficient (Wildman–Crippen LogP) is 11.0. The molecular formula is C50H52Cl4F2N4O7. The zero-order valence-electron chi connectivity index (χ0n) is 37.1. The summed E-state index contributed by atoms with van der Waals surface area (Å²) in [5.74, 6) is -2.95. The lowest BCUT2D eigenvalue weighted by Crippen LogP contribution is -2.60. The van der Waals surface area contributed by atoms with E-state index in [2.05, 4.69) is 20.7 Å². The summed E-state index contributed by atoms with van der Waals surface area (Å²) < 4.78 is 39.3. The van der Waals surface area contributed by atoms with Crippen molar-refractivity contribution in [2.45, 2.75) is 101 Å². The van der Waals surface area contributed by atoms with Crippen LogP contribution in [0.4, 0.5) is 20.2 Å². The Morgan fingerprint density at radius 1 is 0.761 bits per heavy atom. The first kappa shape index (κ1) is 51.5. The topological polar surface area (TPSA) is 166 Å². The molecule has 67 heavy (non-hydrogen) atoms. The SMILES string of the molecule is CCOC(=O)CN.CCOC(=O)[C@@H]1NC2(CCCCC2)[C@@]2(C(=O)Nc3cc(Cl)ccc32)[C@H]1c1cccc(Cl)c1F.O=C1CCCCC1.O=C1Nc2cc(Cl)ccc2C1=Cc1cccc(Cl)c1F. The second-order valence-corrected chi connectivity index (χ2v) is 18.2. The fourth-order valence-electron chi connectivity index (χ4n) is 9.69. The molecule has 356 valence electrons. The van der Waals surface area contributed by atoms with E-state index in [4.69, 9.17) is 56.9 Å². The normalized spacial score (nSPS) is 21.4. The van der Waals surface area contributed by atoms with Crippen molar-refractivity contribution >= 4 is 99.0 Å². The molecule has 2 saturated carbocycles. The molecular weight excluding hydrogens is 948 g/mol. The van der Waals surface area contributed by atoms with Crippen LogP contribution in [0.3, 0.4) is 0 Å². The Hall–Kier alpha value is -4.89. The fourth-order valence-corrected chi connectivity index (χ4v) is 10.4. The standard InChI is InChI=1S/C25H25Cl2FN2O3.C15H8Cl2FNO.C6H10O.C4H9NO2/c1-2-33-22(31)21-19(15-7-6-8-17(27)20(15)28)25(24(30-21)11-4-3-5-12-24)16-10-9-14(26)13-18(16)29-23(25)32;16-9-4-5-10-11(15(20)19-13(10)7-9)6-8-2-1-3-12(17)14(8)18;7-6-4-2-1-3-5-6;1-2-7-4(6)3-5/h6-10,13,19,21,30H,2-5,11-12H2,1H3,(H,29,32);1-7H,(H,19,20);1-5H2;2-3,5H2,1H3/t19-,21+,25+;;;/m0.../s1. The molecule has 3 heterocycles. The molecule has 9 rings (SSSR count). The quantitative estimate of drug-likeness (QED) is 0.109. The average molecular weight is 1000 g/mol. The molecule has 3 atom stereocenters. The van der Waals surface area contributed by atoms with Crippen LogP contribution in [0.5, 0.6) is 0 Å². The maximum absolute atomic E-state index is 15.6. The minimum absolute atomic E-state index is 0.0200. The van der Waals surface area contributed by atoms with Crippen molar-refractivity contribution in [2.75, 3.05) is 30.4 Å². The van der Waals surface area contributed by atoms with Crippen LogP contribution >= 0.6 is 46.4 Å². The van der Waals surface area contributed by atoms with Crippen molar-refractivity contribution < 1.29 is 42.2 Å². The highest BCUT2D eigenvalue weighted by atomic mass is 35.5. The summed E-state index contributed by atoms with van der Waals surface area (Å²) in [5.41, 5.74) is 6.43. The van der Waals surface area contributed by atoms with Gasteiger partial charge in [0, 0.05) is 56.7 Å². The highest BCUT2D eigenvalue weighted by Gasteiger charge is 2.72. The van der Waals surface area contributed by atoms with Crippen molar-refractivity contribution in [3.8, 4) is 0 Å². The number of amides is 2. The number of carbonyl (C=O) groups is 5. The second-order valence-electron chi connectivity index (χ2n) is 16.5. The molecule has 2 amide bonds. The Bertz CT molecular complexity index is 2540. The van der Waals surface area contributed by atoms with Crippen LogP contribution in [0, 0.1) is 11.6 Å². The molecule has 2 aliphatic carbocycles. The van der Waals surface area contributed by atoms with E-state index in [0.29, 0.717) is 57.8 Å². The number of ketones is 1. The van der Waals surface area contributed by atoms with Gasteiger partial charge in [0.1, 0.15) is 28.9 Å². The van der Waals surface area contributed by atoms with Crippen LogP contribution in [0.25, 0.3) is 11.6 Å². The zero-order chi connectivity index (χ0) is 48.5.